The van der Waals surface area contributed by atoms with Gasteiger partial charge in [0.1, 0.15) is 11.2 Å². The highest BCUT2D eigenvalue weighted by Gasteiger charge is 2.24. The van der Waals surface area contributed by atoms with Crippen molar-refractivity contribution in [1.82, 2.24) is 9.78 Å². The van der Waals surface area contributed by atoms with Crippen molar-refractivity contribution in [3.8, 4) is 0 Å². The molecule has 7 nitrogen and oxygen atoms in total. The lowest BCUT2D eigenvalue weighted by atomic mass is 10.1. The van der Waals surface area contributed by atoms with Crippen LogP contribution in [0.25, 0.3) is 0 Å². The zero-order chi connectivity index (χ0) is 15.7. The van der Waals surface area contributed by atoms with Crippen LogP contribution in [0.15, 0.2) is 6.20 Å². The summed E-state index contributed by atoms with van der Waals surface area (Å²) in [5.74, 6) is -1.19. The molecular formula is C13H21N3O4. The Kier molecular flexibility index (Phi) is 4.12. The second-order valence-corrected chi connectivity index (χ2v) is 6.44. The molecule has 1 rings (SSSR count). The third-order valence-corrected chi connectivity index (χ3v) is 2.25. The Morgan fingerprint density at radius 2 is 1.80 bits per heavy atom. The molecule has 1 amide bonds. The van der Waals surface area contributed by atoms with Gasteiger partial charge in [-0.25, -0.2) is 9.59 Å². The zero-order valence-electron chi connectivity index (χ0n) is 12.6. The van der Waals surface area contributed by atoms with Gasteiger partial charge in [0.05, 0.1) is 5.54 Å². The molecule has 1 heterocycles. The number of ether oxygens (including phenoxy) is 1. The van der Waals surface area contributed by atoms with E-state index in [0.29, 0.717) is 0 Å². The third-order valence-electron chi connectivity index (χ3n) is 2.25. The summed E-state index contributed by atoms with van der Waals surface area (Å²) in [5, 5.41) is 15.6. The van der Waals surface area contributed by atoms with Gasteiger partial charge in [-0.15, -0.1) is 0 Å². The number of carboxylic acids is 1. The summed E-state index contributed by atoms with van der Waals surface area (Å²) in [7, 11) is 0. The van der Waals surface area contributed by atoms with Crippen molar-refractivity contribution in [3.63, 3.8) is 0 Å². The molecular weight excluding hydrogens is 262 g/mol. The quantitative estimate of drug-likeness (QED) is 0.870. The van der Waals surface area contributed by atoms with Crippen LogP contribution in [0, 0.1) is 0 Å². The van der Waals surface area contributed by atoms with Crippen LogP contribution in [-0.4, -0.2) is 32.6 Å². The first-order chi connectivity index (χ1) is 8.90. The Labute approximate surface area is 117 Å². The number of amides is 1. The molecule has 1 aromatic rings. The van der Waals surface area contributed by atoms with Crippen molar-refractivity contribution < 1.29 is 19.4 Å². The summed E-state index contributed by atoms with van der Waals surface area (Å²) in [4.78, 5) is 22.9. The van der Waals surface area contributed by atoms with Crippen molar-refractivity contribution in [2.24, 2.45) is 0 Å². The van der Waals surface area contributed by atoms with E-state index in [0.717, 1.165) is 0 Å². The molecule has 20 heavy (non-hydrogen) atoms. The number of nitrogens with one attached hydrogen (secondary N) is 1. The summed E-state index contributed by atoms with van der Waals surface area (Å²) < 4.78 is 6.57. The Hall–Kier alpha value is -2.05. The fourth-order valence-corrected chi connectivity index (χ4v) is 1.37. The Balaban J connectivity index is 3.02. The number of rotatable bonds is 2. The fourth-order valence-electron chi connectivity index (χ4n) is 1.37. The zero-order valence-corrected chi connectivity index (χ0v) is 12.6. The van der Waals surface area contributed by atoms with E-state index in [1.54, 1.807) is 20.8 Å². The standard InChI is InChI=1S/C13H21N3O4/c1-12(2,3)16-7-8(10(17)18)9(15-16)14-11(19)20-13(4,5)6/h7H,1-6H3,(H,17,18)(H,14,15,19). The maximum Gasteiger partial charge on any atom is 0.413 e. The summed E-state index contributed by atoms with van der Waals surface area (Å²) in [5.41, 5.74) is -1.14. The Morgan fingerprint density at radius 3 is 2.20 bits per heavy atom. The SMILES string of the molecule is CC(C)(C)OC(=O)Nc1nn(C(C)(C)C)cc1C(=O)O. The molecule has 0 aliphatic carbocycles. The molecule has 0 unspecified atom stereocenters. The van der Waals surface area contributed by atoms with E-state index in [9.17, 15) is 9.59 Å². The normalized spacial score (nSPS) is 12.1. The lowest BCUT2D eigenvalue weighted by Crippen LogP contribution is -2.28. The van der Waals surface area contributed by atoms with Gasteiger partial charge >= 0.3 is 12.1 Å². The van der Waals surface area contributed by atoms with Crippen LogP contribution < -0.4 is 5.32 Å². The van der Waals surface area contributed by atoms with Gasteiger partial charge in [0.25, 0.3) is 0 Å². The molecule has 0 radical (unpaired) electrons. The van der Waals surface area contributed by atoms with E-state index < -0.39 is 23.2 Å². The number of carboxylic acid groups (broad SMARTS) is 1. The second-order valence-electron chi connectivity index (χ2n) is 6.44. The maximum atomic E-state index is 11.7. The number of carbonyl (C=O) groups excluding carboxylic acids is 1. The monoisotopic (exact) mass is 283 g/mol. The second kappa shape index (κ2) is 5.15. The number of anilines is 1. The third kappa shape index (κ3) is 4.25. The molecule has 0 saturated carbocycles. The molecule has 1 aromatic heterocycles. The van der Waals surface area contributed by atoms with E-state index in [1.807, 2.05) is 20.8 Å². The van der Waals surface area contributed by atoms with Crippen molar-refractivity contribution >= 4 is 17.9 Å². The lowest BCUT2D eigenvalue weighted by Gasteiger charge is -2.20. The molecule has 0 bridgehead atoms. The average Bonchev–Trinajstić information content (AvgIpc) is 2.57. The predicted octanol–water partition coefficient (Wildman–Crippen LogP) is 2.68. The lowest BCUT2D eigenvalue weighted by molar-refractivity contribution is 0.0635. The van der Waals surface area contributed by atoms with Crippen molar-refractivity contribution in [2.75, 3.05) is 5.32 Å². The van der Waals surface area contributed by atoms with Gasteiger partial charge in [0, 0.05) is 6.20 Å². The molecule has 0 aliphatic rings. The Bertz CT molecular complexity index is 521. The molecule has 0 atom stereocenters. The number of hydrogen-bond donors (Lipinski definition) is 2. The summed E-state index contributed by atoms with van der Waals surface area (Å²) in [6, 6.07) is 0. The minimum absolute atomic E-state index is 0.0262. The molecule has 0 spiro atoms. The first kappa shape index (κ1) is 16.0. The summed E-state index contributed by atoms with van der Waals surface area (Å²) in [6.45, 7) is 10.8. The predicted molar refractivity (Wildman–Crippen MR) is 74.0 cm³/mol. The average molecular weight is 283 g/mol. The topological polar surface area (TPSA) is 93.5 Å². The highest BCUT2D eigenvalue weighted by Crippen LogP contribution is 2.20. The van der Waals surface area contributed by atoms with Crippen LogP contribution in [0.1, 0.15) is 51.9 Å². The van der Waals surface area contributed by atoms with Crippen LogP contribution in [0.3, 0.4) is 0 Å². The van der Waals surface area contributed by atoms with Gasteiger partial charge in [0.15, 0.2) is 5.82 Å². The van der Waals surface area contributed by atoms with Crippen LogP contribution in [0.4, 0.5) is 10.6 Å². The van der Waals surface area contributed by atoms with E-state index in [4.69, 9.17) is 9.84 Å². The molecule has 0 aliphatic heterocycles. The molecule has 0 aromatic carbocycles. The van der Waals surface area contributed by atoms with Crippen LogP contribution >= 0.6 is 0 Å². The molecule has 2 N–H and O–H groups in total. The minimum Gasteiger partial charge on any atom is -0.477 e. The smallest absolute Gasteiger partial charge is 0.413 e. The van der Waals surface area contributed by atoms with Gasteiger partial charge in [-0.05, 0) is 41.5 Å². The maximum absolute atomic E-state index is 11.7. The number of carbonyl (C=O) groups is 2. The van der Waals surface area contributed by atoms with E-state index in [1.165, 1.54) is 10.9 Å². The summed E-state index contributed by atoms with van der Waals surface area (Å²) >= 11 is 0. The number of hydrogen-bond acceptors (Lipinski definition) is 4. The first-order valence-electron chi connectivity index (χ1n) is 6.23. The largest absolute Gasteiger partial charge is 0.477 e. The number of aromatic carboxylic acids is 1. The first-order valence-corrected chi connectivity index (χ1v) is 6.23. The van der Waals surface area contributed by atoms with Crippen LogP contribution in [-0.2, 0) is 10.3 Å². The molecule has 112 valence electrons. The molecule has 0 fully saturated rings. The van der Waals surface area contributed by atoms with Gasteiger partial charge in [-0.1, -0.05) is 0 Å². The van der Waals surface area contributed by atoms with Gasteiger partial charge < -0.3 is 9.84 Å². The van der Waals surface area contributed by atoms with E-state index in [2.05, 4.69) is 10.4 Å². The highest BCUT2D eigenvalue weighted by molar-refractivity contribution is 5.97. The van der Waals surface area contributed by atoms with Gasteiger partial charge in [-0.3, -0.25) is 10.00 Å². The highest BCUT2D eigenvalue weighted by atomic mass is 16.6. The van der Waals surface area contributed by atoms with Crippen molar-refractivity contribution in [2.45, 2.75) is 52.7 Å². The minimum atomic E-state index is -1.16. The molecule has 7 heteroatoms. The van der Waals surface area contributed by atoms with E-state index in [-0.39, 0.29) is 11.4 Å². The van der Waals surface area contributed by atoms with Crippen molar-refractivity contribution in [3.05, 3.63) is 11.8 Å². The number of aromatic nitrogens is 2. The fraction of sp³-hybridized carbons (Fsp3) is 0.615. The Morgan fingerprint density at radius 1 is 1.25 bits per heavy atom. The van der Waals surface area contributed by atoms with Crippen LogP contribution in [0.2, 0.25) is 0 Å². The van der Waals surface area contributed by atoms with Gasteiger partial charge in [0.2, 0.25) is 0 Å². The van der Waals surface area contributed by atoms with Crippen LogP contribution in [0.5, 0.6) is 0 Å². The van der Waals surface area contributed by atoms with Crippen molar-refractivity contribution in [1.29, 1.82) is 0 Å². The number of nitrogens with zero attached hydrogens (tertiary/aromatic N) is 2. The van der Waals surface area contributed by atoms with E-state index >= 15 is 0 Å². The van der Waals surface area contributed by atoms with Gasteiger partial charge in [-0.2, -0.15) is 5.10 Å². The molecule has 0 saturated heterocycles. The summed E-state index contributed by atoms with van der Waals surface area (Å²) in [6.07, 6.45) is 0.647.